The van der Waals surface area contributed by atoms with Crippen molar-refractivity contribution < 1.29 is 14.3 Å². The first-order valence-corrected chi connectivity index (χ1v) is 11.0. The number of halogens is 1. The Labute approximate surface area is 195 Å². The first-order valence-electron chi connectivity index (χ1n) is 10.6. The third kappa shape index (κ3) is 4.76. The third-order valence-electron chi connectivity index (χ3n) is 5.63. The third-order valence-corrected chi connectivity index (χ3v) is 5.93. The SMILES string of the molecule is COCCCOc1cc2c(cc1Cl)-c1cc(=O)c(C(=O)Nc3nn[nH]n3)cn1[C@H](C(C)C)C2. The minimum atomic E-state index is -0.595. The summed E-state index contributed by atoms with van der Waals surface area (Å²) in [6, 6.07) is 5.29. The van der Waals surface area contributed by atoms with Crippen LogP contribution in [-0.4, -0.2) is 51.4 Å². The van der Waals surface area contributed by atoms with E-state index in [4.69, 9.17) is 21.1 Å². The van der Waals surface area contributed by atoms with Gasteiger partial charge in [-0.1, -0.05) is 30.5 Å². The molecule has 174 valence electrons. The monoisotopic (exact) mass is 472 g/mol. The van der Waals surface area contributed by atoms with Crippen LogP contribution in [0, 0.1) is 5.92 Å². The first kappa shape index (κ1) is 22.9. The van der Waals surface area contributed by atoms with Gasteiger partial charge in [0.25, 0.3) is 11.9 Å². The number of hydrogen-bond acceptors (Lipinski definition) is 7. The second-order valence-corrected chi connectivity index (χ2v) is 8.59. The number of H-pyrrole nitrogens is 1. The Bertz CT molecular complexity index is 1210. The number of fused-ring (bicyclic) bond motifs is 3. The summed E-state index contributed by atoms with van der Waals surface area (Å²) in [6.45, 7) is 5.31. The van der Waals surface area contributed by atoms with Crippen LogP contribution in [0.3, 0.4) is 0 Å². The molecule has 0 radical (unpaired) electrons. The van der Waals surface area contributed by atoms with Crippen LogP contribution in [0.25, 0.3) is 11.3 Å². The van der Waals surface area contributed by atoms with Crippen LogP contribution in [0.1, 0.15) is 42.2 Å². The van der Waals surface area contributed by atoms with Crippen LogP contribution in [0.2, 0.25) is 5.02 Å². The van der Waals surface area contributed by atoms with Crippen LogP contribution in [0.4, 0.5) is 5.95 Å². The number of benzene rings is 1. The van der Waals surface area contributed by atoms with Crippen molar-refractivity contribution in [2.24, 2.45) is 5.92 Å². The molecule has 11 heteroatoms. The molecule has 2 N–H and O–H groups in total. The molecule has 33 heavy (non-hydrogen) atoms. The number of anilines is 1. The minimum Gasteiger partial charge on any atom is -0.492 e. The standard InChI is InChI=1S/C22H25ClN6O4/c1-12(2)17-7-13-8-20(33-6-4-5-32-3)16(23)9-14(13)18-10-19(30)15(11-29(17)18)21(31)24-22-25-27-28-26-22/h8-12,17H,4-7H2,1-3H3,(H2,24,25,26,27,28,31)/t17-/m0/s1. The number of methoxy groups -OCH3 is 1. The highest BCUT2D eigenvalue weighted by Gasteiger charge is 2.29. The lowest BCUT2D eigenvalue weighted by Gasteiger charge is -2.33. The molecule has 3 heterocycles. The number of ether oxygens (including phenoxy) is 2. The Hall–Kier alpha value is -3.24. The van der Waals surface area contributed by atoms with Crippen molar-refractivity contribution >= 4 is 23.5 Å². The fourth-order valence-electron chi connectivity index (χ4n) is 3.97. The van der Waals surface area contributed by atoms with E-state index in [1.54, 1.807) is 13.3 Å². The van der Waals surface area contributed by atoms with Crippen molar-refractivity contribution in [2.75, 3.05) is 25.6 Å². The molecule has 1 aliphatic heterocycles. The number of carbonyl (C=O) groups excluding carboxylic acids is 1. The molecule has 0 bridgehead atoms. The topological polar surface area (TPSA) is 124 Å². The molecule has 2 aromatic heterocycles. The quantitative estimate of drug-likeness (QED) is 0.482. The Morgan fingerprint density at radius 1 is 1.33 bits per heavy atom. The van der Waals surface area contributed by atoms with Gasteiger partial charge in [-0.05, 0) is 35.2 Å². The van der Waals surface area contributed by atoms with E-state index in [0.29, 0.717) is 36.1 Å². The zero-order chi connectivity index (χ0) is 23.5. The van der Waals surface area contributed by atoms with E-state index in [1.807, 2.05) is 16.7 Å². The van der Waals surface area contributed by atoms with Gasteiger partial charge in [0.05, 0.1) is 17.3 Å². The van der Waals surface area contributed by atoms with Crippen molar-refractivity contribution in [3.05, 3.63) is 50.8 Å². The molecule has 1 amide bonds. The summed E-state index contributed by atoms with van der Waals surface area (Å²) >= 11 is 6.51. The normalized spacial score (nSPS) is 14.6. The highest BCUT2D eigenvalue weighted by atomic mass is 35.5. The van der Waals surface area contributed by atoms with Gasteiger partial charge < -0.3 is 14.0 Å². The molecule has 1 atom stereocenters. The Kier molecular flexibility index (Phi) is 6.75. The van der Waals surface area contributed by atoms with E-state index in [1.165, 1.54) is 6.07 Å². The average Bonchev–Trinajstić information content (AvgIpc) is 3.29. The van der Waals surface area contributed by atoms with E-state index < -0.39 is 11.3 Å². The van der Waals surface area contributed by atoms with E-state index in [2.05, 4.69) is 39.8 Å². The summed E-state index contributed by atoms with van der Waals surface area (Å²) in [6.07, 6.45) is 3.07. The number of amides is 1. The largest absolute Gasteiger partial charge is 0.492 e. The van der Waals surface area contributed by atoms with E-state index in [9.17, 15) is 9.59 Å². The lowest BCUT2D eigenvalue weighted by molar-refractivity contribution is 0.102. The van der Waals surface area contributed by atoms with Gasteiger partial charge in [0.15, 0.2) is 5.43 Å². The molecule has 1 aromatic carbocycles. The molecule has 0 aliphatic carbocycles. The van der Waals surface area contributed by atoms with Gasteiger partial charge in [-0.25, -0.2) is 0 Å². The maximum absolute atomic E-state index is 12.9. The number of nitrogens with zero attached hydrogens (tertiary/aromatic N) is 4. The Morgan fingerprint density at radius 2 is 2.15 bits per heavy atom. The van der Waals surface area contributed by atoms with Crippen molar-refractivity contribution in [1.82, 2.24) is 25.2 Å². The fraction of sp³-hybridized carbons (Fsp3) is 0.409. The Balaban J connectivity index is 1.72. The number of aromatic amines is 1. The second kappa shape index (κ2) is 9.72. The number of hydrogen-bond donors (Lipinski definition) is 2. The highest BCUT2D eigenvalue weighted by molar-refractivity contribution is 6.32. The van der Waals surface area contributed by atoms with Crippen LogP contribution in [0.15, 0.2) is 29.2 Å². The molecule has 0 saturated heterocycles. The predicted octanol–water partition coefficient (Wildman–Crippen LogP) is 3.10. The number of nitrogens with one attached hydrogen (secondary N) is 2. The molecule has 10 nitrogen and oxygen atoms in total. The summed E-state index contributed by atoms with van der Waals surface area (Å²) in [5, 5.41) is 16.0. The summed E-state index contributed by atoms with van der Waals surface area (Å²) in [5.41, 5.74) is 2.20. The van der Waals surface area contributed by atoms with Crippen LogP contribution < -0.4 is 15.5 Å². The molecule has 4 rings (SSSR count). The second-order valence-electron chi connectivity index (χ2n) is 8.18. The number of rotatable bonds is 8. The molecule has 0 spiro atoms. The maximum atomic E-state index is 12.9. The number of tetrazole rings is 1. The lowest BCUT2D eigenvalue weighted by Crippen LogP contribution is -2.30. The zero-order valence-electron chi connectivity index (χ0n) is 18.6. The van der Waals surface area contributed by atoms with Crippen LogP contribution in [-0.2, 0) is 11.2 Å². The van der Waals surface area contributed by atoms with Crippen LogP contribution >= 0.6 is 11.6 Å². The van der Waals surface area contributed by atoms with Gasteiger partial charge in [0, 0.05) is 44.0 Å². The summed E-state index contributed by atoms with van der Waals surface area (Å²) in [4.78, 5) is 25.6. The lowest BCUT2D eigenvalue weighted by atomic mass is 9.87. The minimum absolute atomic E-state index is 0.00171. The van der Waals surface area contributed by atoms with Gasteiger partial charge in [-0.3, -0.25) is 14.9 Å². The molecular formula is C22H25ClN6O4. The van der Waals surface area contributed by atoms with Crippen molar-refractivity contribution in [2.45, 2.75) is 32.7 Å². The van der Waals surface area contributed by atoms with Gasteiger partial charge >= 0.3 is 0 Å². The summed E-state index contributed by atoms with van der Waals surface area (Å²) in [7, 11) is 1.65. The number of carbonyl (C=O) groups is 1. The van der Waals surface area contributed by atoms with Gasteiger partial charge in [-0.15, -0.1) is 5.10 Å². The number of pyridine rings is 1. The van der Waals surface area contributed by atoms with Crippen LogP contribution in [0.5, 0.6) is 5.75 Å². The molecule has 0 saturated carbocycles. The zero-order valence-corrected chi connectivity index (χ0v) is 19.3. The van der Waals surface area contributed by atoms with E-state index in [-0.39, 0.29) is 23.5 Å². The molecule has 1 aliphatic rings. The van der Waals surface area contributed by atoms with E-state index in [0.717, 1.165) is 17.5 Å². The van der Waals surface area contributed by atoms with Crippen molar-refractivity contribution in [3.63, 3.8) is 0 Å². The summed E-state index contributed by atoms with van der Waals surface area (Å²) < 4.78 is 12.9. The maximum Gasteiger partial charge on any atom is 0.270 e. The first-order chi connectivity index (χ1) is 15.9. The number of aromatic nitrogens is 5. The summed E-state index contributed by atoms with van der Waals surface area (Å²) in [5.74, 6) is 0.260. The average molecular weight is 473 g/mol. The van der Waals surface area contributed by atoms with Gasteiger partial charge in [0.2, 0.25) is 0 Å². The smallest absolute Gasteiger partial charge is 0.270 e. The van der Waals surface area contributed by atoms with Gasteiger partial charge in [0.1, 0.15) is 11.3 Å². The predicted molar refractivity (Wildman–Crippen MR) is 123 cm³/mol. The van der Waals surface area contributed by atoms with E-state index >= 15 is 0 Å². The highest BCUT2D eigenvalue weighted by Crippen LogP contribution is 2.41. The van der Waals surface area contributed by atoms with Crippen molar-refractivity contribution in [1.29, 1.82) is 0 Å². The molecule has 3 aromatic rings. The fourth-order valence-corrected chi connectivity index (χ4v) is 4.19. The van der Waals surface area contributed by atoms with Crippen molar-refractivity contribution in [3.8, 4) is 17.0 Å². The molecule has 0 unspecified atom stereocenters. The van der Waals surface area contributed by atoms with Gasteiger partial charge in [-0.2, -0.15) is 5.21 Å². The molecular weight excluding hydrogens is 448 g/mol. The Morgan fingerprint density at radius 3 is 2.85 bits per heavy atom. The molecule has 0 fully saturated rings.